The highest BCUT2D eigenvalue weighted by atomic mass is 35.5. The van der Waals surface area contributed by atoms with Crippen LogP contribution in [0.5, 0.6) is 0 Å². The number of hydrogen-bond donors (Lipinski definition) is 1. The average Bonchev–Trinajstić information content (AvgIpc) is 2.93. The molecule has 0 radical (unpaired) electrons. The van der Waals surface area contributed by atoms with Gasteiger partial charge in [0.25, 0.3) is 5.91 Å². The van der Waals surface area contributed by atoms with Gasteiger partial charge in [-0.25, -0.2) is 0 Å². The molecule has 120 valence electrons. The molecule has 0 unspecified atom stereocenters. The van der Waals surface area contributed by atoms with Crippen LogP contribution in [0.4, 0.5) is 11.4 Å². The van der Waals surface area contributed by atoms with Gasteiger partial charge in [-0.3, -0.25) is 9.48 Å². The van der Waals surface area contributed by atoms with E-state index in [0.717, 1.165) is 16.9 Å². The number of para-hydroxylation sites is 1. The van der Waals surface area contributed by atoms with Gasteiger partial charge < -0.3 is 10.6 Å². The first-order valence-corrected chi connectivity index (χ1v) is 7.97. The number of carbonyl (C=O) groups is 1. The van der Waals surface area contributed by atoms with E-state index >= 15 is 0 Å². The largest absolute Gasteiger partial charge is 0.399 e. The van der Waals surface area contributed by atoms with Crippen molar-refractivity contribution in [2.75, 3.05) is 10.6 Å². The predicted octanol–water partition coefficient (Wildman–Crippen LogP) is 3.33. The molecule has 2 aromatic carbocycles. The third kappa shape index (κ3) is 2.43. The van der Waals surface area contributed by atoms with Crippen molar-refractivity contribution in [2.45, 2.75) is 13.1 Å². The maximum absolute atomic E-state index is 13.2. The van der Waals surface area contributed by atoms with E-state index in [0.29, 0.717) is 29.4 Å². The van der Waals surface area contributed by atoms with Crippen LogP contribution in [0, 0.1) is 0 Å². The van der Waals surface area contributed by atoms with Crippen molar-refractivity contribution < 1.29 is 4.79 Å². The Bertz CT molecular complexity index is 934. The first-order chi connectivity index (χ1) is 11.6. The van der Waals surface area contributed by atoms with Gasteiger partial charge in [0, 0.05) is 17.6 Å². The zero-order valence-electron chi connectivity index (χ0n) is 12.8. The Morgan fingerprint density at radius 2 is 1.96 bits per heavy atom. The number of nitrogen functional groups attached to an aromatic ring is 1. The van der Waals surface area contributed by atoms with E-state index in [-0.39, 0.29) is 5.91 Å². The second-order valence-electron chi connectivity index (χ2n) is 5.74. The number of fused-ring (bicyclic) bond motifs is 2. The van der Waals surface area contributed by atoms with Gasteiger partial charge in [0.1, 0.15) is 0 Å². The first kappa shape index (κ1) is 14.8. The Kier molecular flexibility index (Phi) is 3.50. The summed E-state index contributed by atoms with van der Waals surface area (Å²) >= 11 is 6.25. The maximum atomic E-state index is 13.2. The molecule has 1 aliphatic heterocycles. The molecule has 0 atom stereocenters. The molecule has 0 saturated heterocycles. The van der Waals surface area contributed by atoms with Gasteiger partial charge in [-0.1, -0.05) is 29.8 Å². The van der Waals surface area contributed by atoms with Gasteiger partial charge in [0.05, 0.1) is 29.4 Å². The number of nitrogens with two attached hydrogens (primary N) is 1. The van der Waals surface area contributed by atoms with Gasteiger partial charge in [-0.2, -0.15) is 5.10 Å². The minimum absolute atomic E-state index is 0.151. The Labute approximate surface area is 144 Å². The van der Waals surface area contributed by atoms with Gasteiger partial charge >= 0.3 is 0 Å². The second-order valence-corrected chi connectivity index (χ2v) is 6.15. The number of amides is 1. The third-order valence-corrected chi connectivity index (χ3v) is 4.51. The van der Waals surface area contributed by atoms with Crippen molar-refractivity contribution >= 4 is 28.9 Å². The van der Waals surface area contributed by atoms with Crippen LogP contribution in [0.25, 0.3) is 0 Å². The SMILES string of the molecule is Nc1ccc(C(=O)N2Cc3ccnn3Cc3ccccc32)c(Cl)c1. The molecular formula is C18H15ClN4O. The third-order valence-electron chi connectivity index (χ3n) is 4.20. The maximum Gasteiger partial charge on any atom is 0.260 e. The molecule has 4 rings (SSSR count). The van der Waals surface area contributed by atoms with Crippen LogP contribution in [0.15, 0.2) is 54.7 Å². The van der Waals surface area contributed by atoms with Crippen molar-refractivity contribution in [2.24, 2.45) is 0 Å². The fraction of sp³-hybridized carbons (Fsp3) is 0.111. The first-order valence-electron chi connectivity index (χ1n) is 7.59. The Hall–Kier alpha value is -2.79. The highest BCUT2D eigenvalue weighted by Crippen LogP contribution is 2.30. The van der Waals surface area contributed by atoms with Crippen molar-refractivity contribution in [3.63, 3.8) is 0 Å². The molecule has 2 N–H and O–H groups in total. The lowest BCUT2D eigenvalue weighted by Gasteiger charge is -2.23. The van der Waals surface area contributed by atoms with E-state index in [1.165, 1.54) is 0 Å². The minimum Gasteiger partial charge on any atom is -0.399 e. The molecule has 0 aliphatic carbocycles. The van der Waals surface area contributed by atoms with Gasteiger partial charge in [0.2, 0.25) is 0 Å². The monoisotopic (exact) mass is 338 g/mol. The highest BCUT2D eigenvalue weighted by Gasteiger charge is 2.26. The summed E-state index contributed by atoms with van der Waals surface area (Å²) in [6.45, 7) is 1.08. The second kappa shape index (κ2) is 5.69. The molecule has 1 aromatic heterocycles. The van der Waals surface area contributed by atoms with Crippen LogP contribution < -0.4 is 10.6 Å². The summed E-state index contributed by atoms with van der Waals surface area (Å²) in [6, 6.07) is 14.7. The van der Waals surface area contributed by atoms with Crippen molar-refractivity contribution in [1.29, 1.82) is 0 Å². The van der Waals surface area contributed by atoms with Crippen LogP contribution in [0.3, 0.4) is 0 Å². The Balaban J connectivity index is 1.83. The average molecular weight is 339 g/mol. The van der Waals surface area contributed by atoms with Crippen LogP contribution in [0.1, 0.15) is 21.6 Å². The summed E-state index contributed by atoms with van der Waals surface area (Å²) in [5.74, 6) is -0.151. The smallest absolute Gasteiger partial charge is 0.260 e. The topological polar surface area (TPSA) is 64.2 Å². The fourth-order valence-electron chi connectivity index (χ4n) is 2.98. The van der Waals surface area contributed by atoms with Gasteiger partial charge in [-0.15, -0.1) is 0 Å². The van der Waals surface area contributed by atoms with Crippen molar-refractivity contribution in [3.8, 4) is 0 Å². The molecule has 3 aromatic rings. The standard InChI is InChI=1S/C18H15ClN4O/c19-16-9-13(20)5-6-15(16)18(24)22-11-14-7-8-21-23(14)10-12-3-1-2-4-17(12)22/h1-9H,10-11,20H2. The molecule has 2 heterocycles. The number of halogens is 1. The van der Waals surface area contributed by atoms with E-state index in [1.807, 2.05) is 35.0 Å². The molecule has 0 bridgehead atoms. The predicted molar refractivity (Wildman–Crippen MR) is 94.1 cm³/mol. The lowest BCUT2D eigenvalue weighted by atomic mass is 10.1. The Morgan fingerprint density at radius 3 is 2.79 bits per heavy atom. The van der Waals surface area contributed by atoms with Crippen molar-refractivity contribution in [1.82, 2.24) is 9.78 Å². The molecule has 1 aliphatic rings. The molecule has 6 heteroatoms. The lowest BCUT2D eigenvalue weighted by molar-refractivity contribution is 0.0985. The normalized spacial score (nSPS) is 13.1. The van der Waals surface area contributed by atoms with Crippen LogP contribution in [0.2, 0.25) is 5.02 Å². The number of hydrogen-bond acceptors (Lipinski definition) is 3. The van der Waals surface area contributed by atoms with Gasteiger partial charge in [0.15, 0.2) is 0 Å². The zero-order valence-corrected chi connectivity index (χ0v) is 13.6. The quantitative estimate of drug-likeness (QED) is 0.692. The van der Waals surface area contributed by atoms with E-state index in [2.05, 4.69) is 5.10 Å². The summed E-state index contributed by atoms with van der Waals surface area (Å²) in [7, 11) is 0. The fourth-order valence-corrected chi connectivity index (χ4v) is 3.25. The van der Waals surface area contributed by atoms with Gasteiger partial charge in [-0.05, 0) is 35.9 Å². The minimum atomic E-state index is -0.151. The summed E-state index contributed by atoms with van der Waals surface area (Å²) in [5, 5.41) is 4.70. The molecule has 0 spiro atoms. The highest BCUT2D eigenvalue weighted by molar-refractivity contribution is 6.34. The van der Waals surface area contributed by atoms with E-state index in [4.69, 9.17) is 17.3 Å². The number of carbonyl (C=O) groups excluding carboxylic acids is 1. The molecule has 0 fully saturated rings. The molecule has 1 amide bonds. The van der Waals surface area contributed by atoms with E-state index < -0.39 is 0 Å². The number of benzene rings is 2. The zero-order chi connectivity index (χ0) is 16.7. The van der Waals surface area contributed by atoms with Crippen molar-refractivity contribution in [3.05, 3.63) is 76.6 Å². The summed E-state index contributed by atoms with van der Waals surface area (Å²) in [4.78, 5) is 14.9. The number of rotatable bonds is 1. The molecule has 0 saturated carbocycles. The van der Waals surface area contributed by atoms with Crippen LogP contribution in [-0.2, 0) is 13.1 Å². The summed E-state index contributed by atoms with van der Waals surface area (Å²) in [5.41, 5.74) is 9.60. The summed E-state index contributed by atoms with van der Waals surface area (Å²) < 4.78 is 1.91. The van der Waals surface area contributed by atoms with E-state index in [1.54, 1.807) is 29.3 Å². The van der Waals surface area contributed by atoms with E-state index in [9.17, 15) is 4.79 Å². The number of anilines is 2. The number of nitrogens with zero attached hydrogens (tertiary/aromatic N) is 3. The summed E-state index contributed by atoms with van der Waals surface area (Å²) in [6.07, 6.45) is 1.75. The molecule has 5 nitrogen and oxygen atoms in total. The van der Waals surface area contributed by atoms with Crippen LogP contribution in [-0.4, -0.2) is 15.7 Å². The Morgan fingerprint density at radius 1 is 1.12 bits per heavy atom. The number of aromatic nitrogens is 2. The lowest BCUT2D eigenvalue weighted by Crippen LogP contribution is -2.30. The van der Waals surface area contributed by atoms with Crippen LogP contribution >= 0.6 is 11.6 Å². The molecule has 24 heavy (non-hydrogen) atoms. The molecular weight excluding hydrogens is 324 g/mol.